The number of likely N-dealkylation sites (N-methyl/N-ethyl adjacent to an activating group) is 1. The maximum atomic E-state index is 12.4. The molecule has 4 heteroatoms. The first-order valence-electron chi connectivity index (χ1n) is 7.04. The number of amides is 1. The van der Waals surface area contributed by atoms with E-state index in [1.54, 1.807) is 0 Å². The van der Waals surface area contributed by atoms with Crippen molar-refractivity contribution in [3.63, 3.8) is 0 Å². The molecule has 0 radical (unpaired) electrons. The van der Waals surface area contributed by atoms with Crippen molar-refractivity contribution >= 4 is 5.91 Å². The number of nitrogens with zero attached hydrogens (tertiary/aromatic N) is 2. The van der Waals surface area contributed by atoms with Crippen molar-refractivity contribution in [2.75, 3.05) is 7.05 Å². The van der Waals surface area contributed by atoms with Crippen LogP contribution in [0.2, 0.25) is 0 Å². The molecule has 4 nitrogen and oxygen atoms in total. The maximum absolute atomic E-state index is 12.4. The molecule has 1 N–H and O–H groups in total. The van der Waals surface area contributed by atoms with Gasteiger partial charge in [-0.3, -0.25) is 4.79 Å². The van der Waals surface area contributed by atoms with E-state index in [4.69, 9.17) is 0 Å². The number of carbonyl (C=O) groups is 1. The van der Waals surface area contributed by atoms with Gasteiger partial charge in [-0.05, 0) is 39.5 Å². The first kappa shape index (κ1) is 16.4. The smallest absolute Gasteiger partial charge is 0.223 e. The average molecular weight is 270 g/mol. The van der Waals surface area contributed by atoms with Crippen molar-refractivity contribution in [2.45, 2.75) is 78.4 Å². The van der Waals surface area contributed by atoms with Gasteiger partial charge in [-0.15, -0.1) is 0 Å². The number of hydrogen-bond acceptors (Lipinski definition) is 3. The van der Waals surface area contributed by atoms with Crippen LogP contribution in [0.15, 0.2) is 0 Å². The summed E-state index contributed by atoms with van der Waals surface area (Å²) in [5.41, 5.74) is -0.737. The van der Waals surface area contributed by atoms with E-state index in [0.717, 1.165) is 6.42 Å². The summed E-state index contributed by atoms with van der Waals surface area (Å²) in [6.45, 7) is 14.2. The normalized spacial score (nSPS) is 26.5. The maximum Gasteiger partial charge on any atom is 0.223 e. The molecule has 0 aliphatic carbocycles. The second kappa shape index (κ2) is 4.74. The molecule has 0 aromatic heterocycles. The Balaban J connectivity index is 2.89. The van der Waals surface area contributed by atoms with Crippen molar-refractivity contribution in [3.8, 4) is 0 Å². The zero-order valence-corrected chi connectivity index (χ0v) is 13.7. The molecule has 0 aromatic carbocycles. The lowest BCUT2D eigenvalue weighted by atomic mass is 9.89. The lowest BCUT2D eigenvalue weighted by Crippen LogP contribution is -2.53. The molecule has 1 aliphatic heterocycles. The van der Waals surface area contributed by atoms with E-state index in [-0.39, 0.29) is 22.9 Å². The predicted molar refractivity (Wildman–Crippen MR) is 77.0 cm³/mol. The Labute approximate surface area is 117 Å². The average Bonchev–Trinajstić information content (AvgIpc) is 2.35. The highest BCUT2D eigenvalue weighted by Gasteiger charge is 2.53. The molecular weight excluding hydrogens is 240 g/mol. The quantitative estimate of drug-likeness (QED) is 0.839. The van der Waals surface area contributed by atoms with Crippen LogP contribution in [0, 0.1) is 5.41 Å². The summed E-state index contributed by atoms with van der Waals surface area (Å²) < 4.78 is 0. The van der Waals surface area contributed by atoms with Crippen molar-refractivity contribution in [2.24, 2.45) is 5.41 Å². The van der Waals surface area contributed by atoms with Crippen LogP contribution in [-0.4, -0.2) is 45.2 Å². The van der Waals surface area contributed by atoms with Gasteiger partial charge in [-0.2, -0.15) is 5.06 Å². The van der Waals surface area contributed by atoms with Crippen LogP contribution < -0.4 is 0 Å². The summed E-state index contributed by atoms with van der Waals surface area (Å²) in [5.74, 6) is 0.150. The van der Waals surface area contributed by atoms with E-state index in [0.29, 0.717) is 6.42 Å². The summed E-state index contributed by atoms with van der Waals surface area (Å²) in [7, 11) is 1.86. The van der Waals surface area contributed by atoms with Crippen LogP contribution in [-0.2, 0) is 4.79 Å². The minimum Gasteiger partial charge on any atom is -0.341 e. The Morgan fingerprint density at radius 2 is 1.79 bits per heavy atom. The lowest BCUT2D eigenvalue weighted by molar-refractivity contribution is -0.197. The number of hydrogen-bond donors (Lipinski definition) is 1. The van der Waals surface area contributed by atoms with Gasteiger partial charge in [0.25, 0.3) is 0 Å². The molecule has 1 amide bonds. The van der Waals surface area contributed by atoms with E-state index in [1.165, 1.54) is 5.06 Å². The third kappa shape index (κ3) is 3.29. The Kier molecular flexibility index (Phi) is 4.10. The third-order valence-electron chi connectivity index (χ3n) is 4.17. The highest BCUT2D eigenvalue weighted by atomic mass is 16.5. The summed E-state index contributed by atoms with van der Waals surface area (Å²) in [4.78, 5) is 14.2. The highest BCUT2D eigenvalue weighted by Crippen LogP contribution is 2.41. The minimum atomic E-state index is -0.425. The number of carbonyl (C=O) groups excluding carboxylic acids is 1. The van der Waals surface area contributed by atoms with Crippen LogP contribution in [0.3, 0.4) is 0 Å². The molecule has 1 saturated heterocycles. The predicted octanol–water partition coefficient (Wildman–Crippen LogP) is 2.90. The molecule has 112 valence electrons. The fourth-order valence-corrected chi connectivity index (χ4v) is 3.09. The molecule has 0 bridgehead atoms. The Bertz CT molecular complexity index is 356. The zero-order valence-electron chi connectivity index (χ0n) is 13.7. The highest BCUT2D eigenvalue weighted by molar-refractivity contribution is 5.77. The molecule has 1 atom stereocenters. The van der Waals surface area contributed by atoms with Crippen molar-refractivity contribution in [1.29, 1.82) is 0 Å². The molecule has 1 aliphatic rings. The van der Waals surface area contributed by atoms with Crippen molar-refractivity contribution in [1.82, 2.24) is 9.96 Å². The summed E-state index contributed by atoms with van der Waals surface area (Å²) in [6, 6.07) is 0.0300. The standard InChI is InChI=1S/C15H30N2O2/c1-13(2,3)10-12(18)16(8)11-9-14(4,5)17(19)15(11,6)7/h11,19H,9-10H2,1-8H3. The molecule has 19 heavy (non-hydrogen) atoms. The molecule has 1 rings (SSSR count). The summed E-state index contributed by atoms with van der Waals surface area (Å²) >= 11 is 0. The van der Waals surface area contributed by atoms with Gasteiger partial charge in [-0.25, -0.2) is 0 Å². The van der Waals surface area contributed by atoms with Crippen LogP contribution >= 0.6 is 0 Å². The minimum absolute atomic E-state index is 0.0114. The van der Waals surface area contributed by atoms with Gasteiger partial charge in [0, 0.05) is 19.0 Å². The van der Waals surface area contributed by atoms with E-state index >= 15 is 0 Å². The fraction of sp³-hybridized carbons (Fsp3) is 0.933. The molecule has 0 saturated carbocycles. The Morgan fingerprint density at radius 3 is 2.11 bits per heavy atom. The number of hydroxylamine groups is 2. The molecule has 0 aromatic rings. The van der Waals surface area contributed by atoms with Gasteiger partial charge in [-0.1, -0.05) is 20.8 Å². The van der Waals surface area contributed by atoms with Gasteiger partial charge in [0.15, 0.2) is 0 Å². The van der Waals surface area contributed by atoms with E-state index in [9.17, 15) is 10.0 Å². The topological polar surface area (TPSA) is 43.8 Å². The van der Waals surface area contributed by atoms with Gasteiger partial charge >= 0.3 is 0 Å². The monoisotopic (exact) mass is 270 g/mol. The van der Waals surface area contributed by atoms with Crippen LogP contribution in [0.4, 0.5) is 0 Å². The summed E-state index contributed by atoms with van der Waals surface area (Å²) in [6.07, 6.45) is 1.31. The van der Waals surface area contributed by atoms with E-state index in [1.807, 2.05) is 39.6 Å². The summed E-state index contributed by atoms with van der Waals surface area (Å²) in [5, 5.41) is 11.7. The second-order valence-corrected chi connectivity index (χ2v) is 8.24. The van der Waals surface area contributed by atoms with Crippen LogP contribution in [0.5, 0.6) is 0 Å². The molecule has 1 heterocycles. The fourth-order valence-electron chi connectivity index (χ4n) is 3.09. The Morgan fingerprint density at radius 1 is 1.32 bits per heavy atom. The largest absolute Gasteiger partial charge is 0.341 e. The zero-order chi connectivity index (χ0) is 15.2. The third-order valence-corrected chi connectivity index (χ3v) is 4.17. The first-order valence-corrected chi connectivity index (χ1v) is 7.04. The SMILES string of the molecule is CN(C(=O)CC(C)(C)C)C1CC(C)(C)N(O)C1(C)C. The Hall–Kier alpha value is -0.610. The lowest BCUT2D eigenvalue weighted by Gasteiger charge is -2.39. The van der Waals surface area contributed by atoms with Gasteiger partial charge in [0.05, 0.1) is 11.6 Å². The van der Waals surface area contributed by atoms with E-state index < -0.39 is 5.54 Å². The number of rotatable bonds is 2. The molecule has 1 fully saturated rings. The van der Waals surface area contributed by atoms with Crippen molar-refractivity contribution < 1.29 is 10.0 Å². The first-order chi connectivity index (χ1) is 8.29. The second-order valence-electron chi connectivity index (χ2n) is 8.24. The van der Waals surface area contributed by atoms with Crippen LogP contribution in [0.1, 0.15) is 61.3 Å². The van der Waals surface area contributed by atoms with Crippen LogP contribution in [0.25, 0.3) is 0 Å². The van der Waals surface area contributed by atoms with Gasteiger partial charge in [0.1, 0.15) is 0 Å². The van der Waals surface area contributed by atoms with Gasteiger partial charge < -0.3 is 10.1 Å². The molecule has 1 unspecified atom stereocenters. The van der Waals surface area contributed by atoms with E-state index in [2.05, 4.69) is 20.8 Å². The molecule has 0 spiro atoms. The van der Waals surface area contributed by atoms with Gasteiger partial charge in [0.2, 0.25) is 5.91 Å². The van der Waals surface area contributed by atoms with Crippen molar-refractivity contribution in [3.05, 3.63) is 0 Å². The molecular formula is C15H30N2O2.